The summed E-state index contributed by atoms with van der Waals surface area (Å²) >= 11 is 0. The van der Waals surface area contributed by atoms with Gasteiger partial charge in [0.15, 0.2) is 0 Å². The van der Waals surface area contributed by atoms with Crippen LogP contribution in [0.25, 0.3) is 0 Å². The van der Waals surface area contributed by atoms with Crippen molar-refractivity contribution in [2.24, 2.45) is 5.92 Å². The molecule has 0 amide bonds. The van der Waals surface area contributed by atoms with Crippen LogP contribution in [0.5, 0.6) is 0 Å². The Morgan fingerprint density at radius 1 is 0.960 bits per heavy atom. The van der Waals surface area contributed by atoms with Crippen LogP contribution >= 0.6 is 0 Å². The number of ether oxygens (including phenoxy) is 1. The Morgan fingerprint density at radius 3 is 2.20 bits per heavy atom. The molecule has 1 atom stereocenters. The lowest BCUT2D eigenvalue weighted by molar-refractivity contribution is -0.150. The number of rotatable bonds is 6. The van der Waals surface area contributed by atoms with Crippen molar-refractivity contribution < 1.29 is 9.53 Å². The quantitative estimate of drug-likeness (QED) is 0.758. The largest absolute Gasteiger partial charge is 0.461 e. The van der Waals surface area contributed by atoms with Crippen molar-refractivity contribution >= 4 is 11.7 Å². The number of anilines is 1. The van der Waals surface area contributed by atoms with E-state index >= 15 is 0 Å². The Morgan fingerprint density at radius 2 is 1.56 bits per heavy atom. The first-order valence-corrected chi connectivity index (χ1v) is 8.95. The minimum Gasteiger partial charge on any atom is -0.461 e. The predicted octanol–water partition coefficient (Wildman–Crippen LogP) is 3.19. The smallest absolute Gasteiger partial charge is 0.310 e. The third-order valence-electron chi connectivity index (χ3n) is 4.65. The van der Waals surface area contributed by atoms with Gasteiger partial charge in [0.1, 0.15) is 6.61 Å². The van der Waals surface area contributed by atoms with Gasteiger partial charge >= 0.3 is 5.97 Å². The van der Waals surface area contributed by atoms with Gasteiger partial charge in [-0.05, 0) is 17.7 Å². The lowest BCUT2D eigenvalue weighted by Crippen LogP contribution is -2.48. The van der Waals surface area contributed by atoms with Crippen molar-refractivity contribution in [3.8, 4) is 0 Å². The van der Waals surface area contributed by atoms with Gasteiger partial charge in [-0.25, -0.2) is 0 Å². The lowest BCUT2D eigenvalue weighted by Gasteiger charge is -2.36. The van der Waals surface area contributed by atoms with Crippen molar-refractivity contribution in [3.63, 3.8) is 0 Å². The van der Waals surface area contributed by atoms with Crippen LogP contribution in [-0.4, -0.2) is 43.6 Å². The molecule has 0 aromatic heterocycles. The summed E-state index contributed by atoms with van der Waals surface area (Å²) in [7, 11) is 0. The molecule has 0 aliphatic carbocycles. The highest BCUT2D eigenvalue weighted by Crippen LogP contribution is 2.16. The molecule has 1 aliphatic rings. The number of hydrogen-bond donors (Lipinski definition) is 0. The molecule has 132 valence electrons. The summed E-state index contributed by atoms with van der Waals surface area (Å²) in [6.07, 6.45) is 0. The van der Waals surface area contributed by atoms with Crippen LogP contribution in [0.4, 0.5) is 5.69 Å². The Labute approximate surface area is 150 Å². The van der Waals surface area contributed by atoms with Gasteiger partial charge in [-0.1, -0.05) is 55.5 Å². The molecule has 0 saturated carbocycles. The third kappa shape index (κ3) is 5.07. The van der Waals surface area contributed by atoms with E-state index in [1.165, 1.54) is 5.69 Å². The number of carbonyl (C=O) groups is 1. The van der Waals surface area contributed by atoms with E-state index in [1.54, 1.807) is 0 Å². The topological polar surface area (TPSA) is 32.8 Å². The van der Waals surface area contributed by atoms with Gasteiger partial charge in [0.2, 0.25) is 0 Å². The highest BCUT2D eigenvalue weighted by Gasteiger charge is 2.22. The summed E-state index contributed by atoms with van der Waals surface area (Å²) in [5.41, 5.74) is 2.30. The van der Waals surface area contributed by atoms with E-state index in [0.717, 1.165) is 38.3 Å². The van der Waals surface area contributed by atoms with Crippen LogP contribution in [0, 0.1) is 5.92 Å². The maximum absolute atomic E-state index is 12.2. The molecular formula is C21H26N2O2. The Bertz CT molecular complexity index is 652. The van der Waals surface area contributed by atoms with Crippen molar-refractivity contribution in [3.05, 3.63) is 66.2 Å². The molecule has 0 bridgehead atoms. The summed E-state index contributed by atoms with van der Waals surface area (Å²) in [6, 6.07) is 20.3. The number of nitrogens with zero attached hydrogens (tertiary/aromatic N) is 2. The second-order valence-corrected chi connectivity index (χ2v) is 6.62. The number of hydrogen-bond acceptors (Lipinski definition) is 4. The summed E-state index contributed by atoms with van der Waals surface area (Å²) in [5, 5.41) is 0. The molecule has 0 N–H and O–H groups in total. The molecule has 0 radical (unpaired) electrons. The van der Waals surface area contributed by atoms with Crippen molar-refractivity contribution in [2.75, 3.05) is 37.6 Å². The molecule has 4 nitrogen and oxygen atoms in total. The van der Waals surface area contributed by atoms with Crippen LogP contribution in [-0.2, 0) is 16.1 Å². The molecule has 1 fully saturated rings. The molecule has 2 aromatic rings. The second-order valence-electron chi connectivity index (χ2n) is 6.62. The number of benzene rings is 2. The average molecular weight is 338 g/mol. The molecule has 25 heavy (non-hydrogen) atoms. The van der Waals surface area contributed by atoms with Gasteiger partial charge in [0.25, 0.3) is 0 Å². The molecule has 2 aromatic carbocycles. The van der Waals surface area contributed by atoms with Crippen molar-refractivity contribution in [1.29, 1.82) is 0 Å². The molecule has 1 saturated heterocycles. The van der Waals surface area contributed by atoms with E-state index in [1.807, 2.05) is 43.3 Å². The highest BCUT2D eigenvalue weighted by molar-refractivity contribution is 5.72. The minimum absolute atomic E-state index is 0.105. The summed E-state index contributed by atoms with van der Waals surface area (Å²) in [5.74, 6) is -0.221. The molecule has 1 unspecified atom stereocenters. The number of piperazine rings is 1. The van der Waals surface area contributed by atoms with Crippen LogP contribution < -0.4 is 4.90 Å². The van der Waals surface area contributed by atoms with Crippen LogP contribution in [0.15, 0.2) is 60.7 Å². The first-order valence-electron chi connectivity index (χ1n) is 8.95. The van der Waals surface area contributed by atoms with Gasteiger partial charge in [0, 0.05) is 38.4 Å². The van der Waals surface area contributed by atoms with Gasteiger partial charge in [-0.15, -0.1) is 0 Å². The zero-order chi connectivity index (χ0) is 17.5. The standard InChI is InChI=1S/C21H26N2O2/c1-18(21(24)25-17-19-8-4-2-5-9-19)16-22-12-14-23(15-13-22)20-10-6-3-7-11-20/h2-11,18H,12-17H2,1H3. The number of para-hydroxylation sites is 1. The summed E-state index contributed by atoms with van der Waals surface area (Å²) < 4.78 is 5.45. The van der Waals surface area contributed by atoms with E-state index in [2.05, 4.69) is 34.1 Å². The fraction of sp³-hybridized carbons (Fsp3) is 0.381. The van der Waals surface area contributed by atoms with Crippen LogP contribution in [0.2, 0.25) is 0 Å². The van der Waals surface area contributed by atoms with Gasteiger partial charge in [0.05, 0.1) is 5.92 Å². The second kappa shape index (κ2) is 8.67. The SMILES string of the molecule is CC(CN1CCN(c2ccccc2)CC1)C(=O)OCc1ccccc1. The monoisotopic (exact) mass is 338 g/mol. The molecular weight excluding hydrogens is 312 g/mol. The van der Waals surface area contributed by atoms with Gasteiger partial charge in [-0.2, -0.15) is 0 Å². The normalized spacial score (nSPS) is 16.4. The van der Waals surface area contributed by atoms with Crippen molar-refractivity contribution in [1.82, 2.24) is 4.90 Å². The molecule has 3 rings (SSSR count). The molecule has 4 heteroatoms. The molecule has 0 spiro atoms. The summed E-state index contributed by atoms with van der Waals surface area (Å²) in [4.78, 5) is 17.0. The first-order chi connectivity index (χ1) is 12.2. The fourth-order valence-corrected chi connectivity index (χ4v) is 3.16. The lowest BCUT2D eigenvalue weighted by atomic mass is 10.1. The fourth-order valence-electron chi connectivity index (χ4n) is 3.16. The Hall–Kier alpha value is -2.33. The number of carbonyl (C=O) groups excluding carboxylic acids is 1. The van der Waals surface area contributed by atoms with Crippen molar-refractivity contribution in [2.45, 2.75) is 13.5 Å². The average Bonchev–Trinajstić information content (AvgIpc) is 2.68. The zero-order valence-electron chi connectivity index (χ0n) is 14.8. The van der Waals surface area contributed by atoms with E-state index in [-0.39, 0.29) is 11.9 Å². The van der Waals surface area contributed by atoms with E-state index in [0.29, 0.717) is 6.61 Å². The van der Waals surface area contributed by atoms with Gasteiger partial charge < -0.3 is 9.64 Å². The minimum atomic E-state index is -0.116. The molecule has 1 aliphatic heterocycles. The predicted molar refractivity (Wildman–Crippen MR) is 100 cm³/mol. The third-order valence-corrected chi connectivity index (χ3v) is 4.65. The molecule has 1 heterocycles. The van der Waals surface area contributed by atoms with Crippen LogP contribution in [0.3, 0.4) is 0 Å². The van der Waals surface area contributed by atoms with Crippen LogP contribution in [0.1, 0.15) is 12.5 Å². The highest BCUT2D eigenvalue weighted by atomic mass is 16.5. The van der Waals surface area contributed by atoms with Gasteiger partial charge in [-0.3, -0.25) is 9.69 Å². The van der Waals surface area contributed by atoms with E-state index < -0.39 is 0 Å². The number of esters is 1. The van der Waals surface area contributed by atoms with E-state index in [4.69, 9.17) is 4.74 Å². The maximum atomic E-state index is 12.2. The Balaban J connectivity index is 1.41. The maximum Gasteiger partial charge on any atom is 0.310 e. The first kappa shape index (κ1) is 17.5. The zero-order valence-corrected chi connectivity index (χ0v) is 14.8. The van der Waals surface area contributed by atoms with E-state index in [9.17, 15) is 4.79 Å². The summed E-state index contributed by atoms with van der Waals surface area (Å²) in [6.45, 7) is 7.01. The Kier molecular flexibility index (Phi) is 6.07.